The molecule has 0 heterocycles. The Morgan fingerprint density at radius 1 is 1.29 bits per heavy atom. The van der Waals surface area contributed by atoms with Crippen LogP contribution in [-0.2, 0) is 0 Å². The molecule has 1 fully saturated rings. The molecule has 0 aromatic heterocycles. The van der Waals surface area contributed by atoms with Gasteiger partial charge in [0.2, 0.25) is 0 Å². The molecule has 1 saturated carbocycles. The van der Waals surface area contributed by atoms with Gasteiger partial charge in [0.15, 0.2) is 0 Å². The van der Waals surface area contributed by atoms with Crippen molar-refractivity contribution in [1.29, 1.82) is 0 Å². The van der Waals surface area contributed by atoms with Crippen LogP contribution in [0.5, 0.6) is 5.75 Å². The zero-order chi connectivity index (χ0) is 12.3. The van der Waals surface area contributed by atoms with Crippen LogP contribution >= 0.6 is 0 Å². The summed E-state index contributed by atoms with van der Waals surface area (Å²) in [6.45, 7) is 3.38. The zero-order valence-corrected chi connectivity index (χ0v) is 10.3. The van der Waals surface area contributed by atoms with Crippen molar-refractivity contribution in [2.75, 3.05) is 13.2 Å². The minimum Gasteiger partial charge on any atom is -0.508 e. The lowest BCUT2D eigenvalue weighted by molar-refractivity contribution is 0.243. The Morgan fingerprint density at radius 2 is 1.94 bits per heavy atom. The molecule has 0 amide bonds. The summed E-state index contributed by atoms with van der Waals surface area (Å²) < 4.78 is 0. The fourth-order valence-electron chi connectivity index (χ4n) is 2.18. The van der Waals surface area contributed by atoms with Gasteiger partial charge in [0, 0.05) is 19.2 Å². The van der Waals surface area contributed by atoms with E-state index >= 15 is 0 Å². The summed E-state index contributed by atoms with van der Waals surface area (Å²) in [5.74, 6) is 0.305. The van der Waals surface area contributed by atoms with Crippen LogP contribution < -0.4 is 5.32 Å². The lowest BCUT2D eigenvalue weighted by atomic mass is 10.0. The van der Waals surface area contributed by atoms with Crippen molar-refractivity contribution in [3.05, 3.63) is 29.8 Å². The van der Waals surface area contributed by atoms with Crippen LogP contribution in [0.1, 0.15) is 37.8 Å². The lowest BCUT2D eigenvalue weighted by Crippen LogP contribution is -2.27. The first-order chi connectivity index (χ1) is 8.15. The van der Waals surface area contributed by atoms with Crippen molar-refractivity contribution < 1.29 is 10.2 Å². The van der Waals surface area contributed by atoms with E-state index < -0.39 is 0 Å². The quantitative estimate of drug-likeness (QED) is 0.708. The van der Waals surface area contributed by atoms with Gasteiger partial charge in [-0.25, -0.2) is 0 Å². The Labute approximate surface area is 102 Å². The van der Waals surface area contributed by atoms with Crippen molar-refractivity contribution in [3.8, 4) is 5.75 Å². The van der Waals surface area contributed by atoms with Crippen LogP contribution in [0, 0.1) is 5.41 Å². The average Bonchev–Trinajstić information content (AvgIpc) is 3.08. The molecule has 94 valence electrons. The SMILES string of the molecule is CC(NCC1(CCO)CC1)c1ccc(O)cc1. The van der Waals surface area contributed by atoms with Crippen molar-refractivity contribution in [2.24, 2.45) is 5.41 Å². The molecule has 2 rings (SSSR count). The van der Waals surface area contributed by atoms with E-state index in [9.17, 15) is 5.11 Å². The highest BCUT2D eigenvalue weighted by Gasteiger charge is 2.41. The van der Waals surface area contributed by atoms with Crippen molar-refractivity contribution >= 4 is 0 Å². The fourth-order valence-corrected chi connectivity index (χ4v) is 2.18. The first-order valence-corrected chi connectivity index (χ1v) is 6.28. The van der Waals surface area contributed by atoms with Crippen LogP contribution in [-0.4, -0.2) is 23.4 Å². The smallest absolute Gasteiger partial charge is 0.115 e. The van der Waals surface area contributed by atoms with E-state index in [1.54, 1.807) is 12.1 Å². The number of phenols is 1. The number of aliphatic hydroxyl groups is 1. The Hall–Kier alpha value is -1.06. The number of nitrogens with one attached hydrogen (secondary N) is 1. The molecule has 1 aromatic carbocycles. The summed E-state index contributed by atoms with van der Waals surface area (Å²) >= 11 is 0. The second-order valence-electron chi connectivity index (χ2n) is 5.17. The van der Waals surface area contributed by atoms with Gasteiger partial charge < -0.3 is 15.5 Å². The summed E-state index contributed by atoms with van der Waals surface area (Å²) in [5.41, 5.74) is 1.53. The van der Waals surface area contributed by atoms with Gasteiger partial charge in [-0.05, 0) is 49.3 Å². The van der Waals surface area contributed by atoms with Crippen molar-refractivity contribution in [3.63, 3.8) is 0 Å². The molecule has 1 unspecified atom stereocenters. The second-order valence-corrected chi connectivity index (χ2v) is 5.17. The Balaban J connectivity index is 1.85. The first kappa shape index (κ1) is 12.4. The maximum Gasteiger partial charge on any atom is 0.115 e. The molecule has 3 N–H and O–H groups in total. The third kappa shape index (κ3) is 3.20. The van der Waals surface area contributed by atoms with Crippen molar-refractivity contribution in [2.45, 2.75) is 32.2 Å². The molecule has 1 aliphatic carbocycles. The van der Waals surface area contributed by atoms with E-state index in [0.29, 0.717) is 11.2 Å². The van der Waals surface area contributed by atoms with Gasteiger partial charge in [-0.2, -0.15) is 0 Å². The molecule has 0 aliphatic heterocycles. The molecule has 1 atom stereocenters. The van der Waals surface area contributed by atoms with Crippen LogP contribution in [0.15, 0.2) is 24.3 Å². The number of phenolic OH excluding ortho intramolecular Hbond substituents is 1. The van der Waals surface area contributed by atoms with Crippen LogP contribution in [0.3, 0.4) is 0 Å². The number of aliphatic hydroxyl groups excluding tert-OH is 1. The summed E-state index contributed by atoms with van der Waals surface area (Å²) in [6.07, 6.45) is 3.36. The van der Waals surface area contributed by atoms with Crippen LogP contribution in [0.2, 0.25) is 0 Å². The molecule has 17 heavy (non-hydrogen) atoms. The highest BCUT2D eigenvalue weighted by Crippen LogP contribution is 2.48. The maximum absolute atomic E-state index is 9.23. The Bertz CT molecular complexity index is 357. The fraction of sp³-hybridized carbons (Fsp3) is 0.571. The third-order valence-electron chi connectivity index (χ3n) is 3.78. The summed E-state index contributed by atoms with van der Waals surface area (Å²) in [5, 5.41) is 21.7. The first-order valence-electron chi connectivity index (χ1n) is 6.28. The summed E-state index contributed by atoms with van der Waals surface area (Å²) in [6, 6.07) is 7.60. The van der Waals surface area contributed by atoms with E-state index in [1.807, 2.05) is 12.1 Å². The van der Waals surface area contributed by atoms with Gasteiger partial charge in [0.05, 0.1) is 0 Å². The largest absolute Gasteiger partial charge is 0.508 e. The van der Waals surface area contributed by atoms with Gasteiger partial charge in [0.1, 0.15) is 5.75 Å². The number of hydrogen-bond donors (Lipinski definition) is 3. The average molecular weight is 235 g/mol. The van der Waals surface area contributed by atoms with E-state index in [1.165, 1.54) is 18.4 Å². The predicted octanol–water partition coefficient (Wildman–Crippen LogP) is 2.21. The van der Waals surface area contributed by atoms with E-state index in [2.05, 4.69) is 12.2 Å². The third-order valence-corrected chi connectivity index (χ3v) is 3.78. The maximum atomic E-state index is 9.23. The molecule has 0 radical (unpaired) electrons. The molecule has 1 aromatic rings. The van der Waals surface area contributed by atoms with E-state index in [4.69, 9.17) is 5.11 Å². The number of rotatable bonds is 6. The van der Waals surface area contributed by atoms with Gasteiger partial charge in [-0.1, -0.05) is 12.1 Å². The predicted molar refractivity (Wildman–Crippen MR) is 67.9 cm³/mol. The van der Waals surface area contributed by atoms with Crippen LogP contribution in [0.4, 0.5) is 0 Å². The van der Waals surface area contributed by atoms with Gasteiger partial charge in [-0.15, -0.1) is 0 Å². The molecular formula is C14H21NO2. The highest BCUT2D eigenvalue weighted by atomic mass is 16.3. The topological polar surface area (TPSA) is 52.5 Å². The molecular weight excluding hydrogens is 214 g/mol. The van der Waals surface area contributed by atoms with Crippen LogP contribution in [0.25, 0.3) is 0 Å². The second kappa shape index (κ2) is 5.07. The molecule has 3 nitrogen and oxygen atoms in total. The lowest BCUT2D eigenvalue weighted by Gasteiger charge is -2.19. The van der Waals surface area contributed by atoms with Gasteiger partial charge in [-0.3, -0.25) is 0 Å². The van der Waals surface area contributed by atoms with E-state index in [-0.39, 0.29) is 12.6 Å². The molecule has 0 spiro atoms. The standard InChI is InChI=1S/C14H21NO2/c1-11(12-2-4-13(17)5-3-12)15-10-14(6-7-14)8-9-16/h2-5,11,15-17H,6-10H2,1H3. The molecule has 1 aliphatic rings. The van der Waals surface area contributed by atoms with Crippen molar-refractivity contribution in [1.82, 2.24) is 5.32 Å². The van der Waals surface area contributed by atoms with E-state index in [0.717, 1.165) is 13.0 Å². The van der Waals surface area contributed by atoms with Gasteiger partial charge in [0.25, 0.3) is 0 Å². The zero-order valence-electron chi connectivity index (χ0n) is 10.3. The van der Waals surface area contributed by atoms with Gasteiger partial charge >= 0.3 is 0 Å². The number of aromatic hydroxyl groups is 1. The molecule has 0 saturated heterocycles. The molecule has 0 bridgehead atoms. The summed E-state index contributed by atoms with van der Waals surface area (Å²) in [4.78, 5) is 0. The minimum atomic E-state index is 0.284. The number of benzene rings is 1. The Kier molecular flexibility index (Phi) is 3.69. The highest BCUT2D eigenvalue weighted by molar-refractivity contribution is 5.27. The number of hydrogen-bond acceptors (Lipinski definition) is 3. The Morgan fingerprint density at radius 3 is 2.47 bits per heavy atom. The normalized spacial score (nSPS) is 18.9. The monoisotopic (exact) mass is 235 g/mol. The summed E-state index contributed by atoms with van der Waals surface area (Å²) in [7, 11) is 0. The minimum absolute atomic E-state index is 0.284. The molecule has 3 heteroatoms.